The number of carbonyl (C=O) groups is 2. The van der Waals surface area contributed by atoms with Crippen LogP contribution in [0.3, 0.4) is 0 Å². The molecule has 0 heterocycles. The molecular formula is C23H31N3O5S. The Morgan fingerprint density at radius 2 is 1.56 bits per heavy atom. The third-order valence-electron chi connectivity index (χ3n) is 4.74. The lowest BCUT2D eigenvalue weighted by Gasteiger charge is -2.19. The molecule has 0 saturated heterocycles. The Kier molecular flexibility index (Phi) is 8.94. The summed E-state index contributed by atoms with van der Waals surface area (Å²) in [6.45, 7) is 6.81. The number of amides is 2. The van der Waals surface area contributed by atoms with Gasteiger partial charge in [-0.3, -0.25) is 9.59 Å². The normalized spacial score (nSPS) is 11.8. The highest BCUT2D eigenvalue weighted by Crippen LogP contribution is 2.22. The lowest BCUT2D eigenvalue weighted by Crippen LogP contribution is -2.36. The van der Waals surface area contributed by atoms with E-state index in [0.717, 1.165) is 11.1 Å². The molecule has 0 radical (unpaired) electrons. The SMILES string of the molecule is COCCNS(=O)(=O)c1ccc(CNC(=O)CNC(=O)c2ccc(C(C)(C)C)cc2)cc1. The van der Waals surface area contributed by atoms with Gasteiger partial charge < -0.3 is 15.4 Å². The molecule has 3 N–H and O–H groups in total. The molecule has 0 spiro atoms. The van der Waals surface area contributed by atoms with Gasteiger partial charge in [0.25, 0.3) is 5.91 Å². The zero-order valence-electron chi connectivity index (χ0n) is 18.9. The average Bonchev–Trinajstić information content (AvgIpc) is 2.76. The molecule has 0 saturated carbocycles. The van der Waals surface area contributed by atoms with Crippen molar-refractivity contribution in [1.82, 2.24) is 15.4 Å². The summed E-state index contributed by atoms with van der Waals surface area (Å²) in [7, 11) is -2.11. The van der Waals surface area contributed by atoms with Crippen LogP contribution in [0.25, 0.3) is 0 Å². The van der Waals surface area contributed by atoms with Crippen molar-refractivity contribution in [3.8, 4) is 0 Å². The van der Waals surface area contributed by atoms with E-state index in [9.17, 15) is 18.0 Å². The van der Waals surface area contributed by atoms with Crippen LogP contribution >= 0.6 is 0 Å². The molecule has 2 amide bonds. The number of nitrogens with one attached hydrogen (secondary N) is 3. The second kappa shape index (κ2) is 11.2. The van der Waals surface area contributed by atoms with E-state index < -0.39 is 10.0 Å². The number of benzene rings is 2. The minimum atomic E-state index is -3.60. The molecule has 0 bridgehead atoms. The van der Waals surface area contributed by atoms with E-state index in [-0.39, 0.29) is 48.4 Å². The lowest BCUT2D eigenvalue weighted by molar-refractivity contribution is -0.120. The van der Waals surface area contributed by atoms with Crippen molar-refractivity contribution in [3.05, 3.63) is 65.2 Å². The molecule has 9 heteroatoms. The summed E-state index contributed by atoms with van der Waals surface area (Å²) in [4.78, 5) is 24.4. The summed E-state index contributed by atoms with van der Waals surface area (Å²) < 4.78 is 31.5. The molecular weight excluding hydrogens is 430 g/mol. The molecule has 0 atom stereocenters. The minimum absolute atomic E-state index is 0.00218. The predicted octanol–water partition coefficient (Wildman–Crippen LogP) is 1.95. The van der Waals surface area contributed by atoms with E-state index >= 15 is 0 Å². The molecule has 0 fully saturated rings. The van der Waals surface area contributed by atoms with Gasteiger partial charge in [0.15, 0.2) is 0 Å². The summed E-state index contributed by atoms with van der Waals surface area (Å²) in [5, 5.41) is 5.30. The fraction of sp³-hybridized carbons (Fsp3) is 0.391. The van der Waals surface area contributed by atoms with E-state index in [1.165, 1.54) is 19.2 Å². The van der Waals surface area contributed by atoms with Gasteiger partial charge in [0.1, 0.15) is 0 Å². The Morgan fingerprint density at radius 3 is 2.12 bits per heavy atom. The molecule has 0 unspecified atom stereocenters. The van der Waals surface area contributed by atoms with Crippen LogP contribution in [-0.4, -0.2) is 47.0 Å². The van der Waals surface area contributed by atoms with Crippen molar-refractivity contribution >= 4 is 21.8 Å². The number of hydrogen-bond donors (Lipinski definition) is 3. The molecule has 2 rings (SSSR count). The van der Waals surface area contributed by atoms with Crippen LogP contribution in [0, 0.1) is 0 Å². The van der Waals surface area contributed by atoms with Gasteiger partial charge in [-0.1, -0.05) is 45.0 Å². The summed E-state index contributed by atoms with van der Waals surface area (Å²) in [6, 6.07) is 13.5. The van der Waals surface area contributed by atoms with Crippen LogP contribution in [-0.2, 0) is 31.5 Å². The standard InChI is InChI=1S/C23H31N3O5S/c1-23(2,3)19-9-7-18(8-10-19)22(28)25-16-21(27)24-15-17-5-11-20(12-6-17)32(29,30)26-13-14-31-4/h5-12,26H,13-16H2,1-4H3,(H,24,27)(H,25,28). The average molecular weight is 462 g/mol. The van der Waals surface area contributed by atoms with Crippen LogP contribution in [0.15, 0.2) is 53.4 Å². The van der Waals surface area contributed by atoms with Crippen LogP contribution in [0.4, 0.5) is 0 Å². The van der Waals surface area contributed by atoms with Gasteiger partial charge in [-0.05, 0) is 40.8 Å². The monoisotopic (exact) mass is 461 g/mol. The van der Waals surface area contributed by atoms with Gasteiger partial charge >= 0.3 is 0 Å². The second-order valence-corrected chi connectivity index (χ2v) is 10.1. The maximum Gasteiger partial charge on any atom is 0.251 e. The second-order valence-electron chi connectivity index (χ2n) is 8.32. The highest BCUT2D eigenvalue weighted by molar-refractivity contribution is 7.89. The Morgan fingerprint density at radius 1 is 0.938 bits per heavy atom. The molecule has 174 valence electrons. The van der Waals surface area contributed by atoms with Gasteiger partial charge in [0, 0.05) is 25.8 Å². The number of carbonyl (C=O) groups excluding carboxylic acids is 2. The van der Waals surface area contributed by atoms with E-state index in [1.54, 1.807) is 24.3 Å². The molecule has 8 nitrogen and oxygen atoms in total. The van der Waals surface area contributed by atoms with Gasteiger partial charge in [-0.15, -0.1) is 0 Å². The molecule has 0 aliphatic heterocycles. The molecule has 0 aromatic heterocycles. The van der Waals surface area contributed by atoms with Crippen molar-refractivity contribution in [2.45, 2.75) is 37.6 Å². The van der Waals surface area contributed by atoms with E-state index in [0.29, 0.717) is 5.56 Å². The van der Waals surface area contributed by atoms with Crippen LogP contribution in [0.1, 0.15) is 42.3 Å². The van der Waals surface area contributed by atoms with Crippen LogP contribution < -0.4 is 15.4 Å². The largest absolute Gasteiger partial charge is 0.383 e. The highest BCUT2D eigenvalue weighted by atomic mass is 32.2. The first kappa shape index (κ1) is 25.5. The number of ether oxygens (including phenoxy) is 1. The van der Waals surface area contributed by atoms with E-state index in [2.05, 4.69) is 36.1 Å². The summed E-state index contributed by atoms with van der Waals surface area (Å²) in [5.74, 6) is -0.668. The van der Waals surface area contributed by atoms with Gasteiger partial charge in [0.2, 0.25) is 15.9 Å². The molecule has 0 aliphatic carbocycles. The Labute approximate surface area is 189 Å². The Balaban J connectivity index is 1.81. The van der Waals surface area contributed by atoms with Crippen molar-refractivity contribution < 1.29 is 22.7 Å². The number of sulfonamides is 1. The molecule has 32 heavy (non-hydrogen) atoms. The number of rotatable bonds is 10. The minimum Gasteiger partial charge on any atom is -0.383 e. The molecule has 2 aromatic rings. The maximum absolute atomic E-state index is 12.2. The quantitative estimate of drug-likeness (QED) is 0.468. The predicted molar refractivity (Wildman–Crippen MR) is 123 cm³/mol. The van der Waals surface area contributed by atoms with Crippen LogP contribution in [0.5, 0.6) is 0 Å². The van der Waals surface area contributed by atoms with Crippen molar-refractivity contribution in [1.29, 1.82) is 0 Å². The number of hydrogen-bond acceptors (Lipinski definition) is 5. The topological polar surface area (TPSA) is 114 Å². The smallest absolute Gasteiger partial charge is 0.251 e. The first-order valence-corrected chi connectivity index (χ1v) is 11.7. The highest BCUT2D eigenvalue weighted by Gasteiger charge is 2.15. The zero-order chi connectivity index (χ0) is 23.8. The maximum atomic E-state index is 12.2. The van der Waals surface area contributed by atoms with Crippen LogP contribution in [0.2, 0.25) is 0 Å². The van der Waals surface area contributed by atoms with Gasteiger partial charge in [-0.25, -0.2) is 13.1 Å². The summed E-state index contributed by atoms with van der Waals surface area (Å²) >= 11 is 0. The number of methoxy groups -OCH3 is 1. The lowest BCUT2D eigenvalue weighted by atomic mass is 9.87. The first-order chi connectivity index (χ1) is 15.0. The first-order valence-electron chi connectivity index (χ1n) is 10.3. The Hall–Kier alpha value is -2.75. The molecule has 2 aromatic carbocycles. The third kappa shape index (κ3) is 7.74. The third-order valence-corrected chi connectivity index (χ3v) is 6.22. The van der Waals surface area contributed by atoms with E-state index in [1.807, 2.05) is 12.1 Å². The summed E-state index contributed by atoms with van der Waals surface area (Å²) in [6.07, 6.45) is 0. The van der Waals surface area contributed by atoms with Crippen molar-refractivity contribution in [2.24, 2.45) is 0 Å². The van der Waals surface area contributed by atoms with Gasteiger partial charge in [-0.2, -0.15) is 0 Å². The van der Waals surface area contributed by atoms with Crippen molar-refractivity contribution in [2.75, 3.05) is 26.8 Å². The fourth-order valence-corrected chi connectivity index (χ4v) is 3.81. The Bertz CT molecular complexity index is 1010. The molecule has 0 aliphatic rings. The summed E-state index contributed by atoms with van der Waals surface area (Å²) in [5.41, 5.74) is 2.34. The van der Waals surface area contributed by atoms with Gasteiger partial charge in [0.05, 0.1) is 18.0 Å². The van der Waals surface area contributed by atoms with E-state index in [4.69, 9.17) is 4.74 Å². The van der Waals surface area contributed by atoms with Crippen molar-refractivity contribution in [3.63, 3.8) is 0 Å². The zero-order valence-corrected chi connectivity index (χ0v) is 19.7. The fourth-order valence-electron chi connectivity index (χ4n) is 2.80.